The van der Waals surface area contributed by atoms with Crippen LogP contribution in [0.2, 0.25) is 5.02 Å². The minimum atomic E-state index is 0.659. The van der Waals surface area contributed by atoms with Gasteiger partial charge in [0, 0.05) is 42.9 Å². The minimum Gasteiger partial charge on any atom is -0.496 e. The third-order valence-electron chi connectivity index (χ3n) is 4.08. The number of halogens is 1. The number of hydrogen-bond donors (Lipinski definition) is 2. The molecule has 0 radical (unpaired) electrons. The summed E-state index contributed by atoms with van der Waals surface area (Å²) in [5, 5.41) is 7.31. The molecule has 0 saturated heterocycles. The predicted molar refractivity (Wildman–Crippen MR) is 109 cm³/mol. The molecule has 2 rings (SSSR count). The van der Waals surface area contributed by atoms with E-state index in [2.05, 4.69) is 15.6 Å². The summed E-state index contributed by atoms with van der Waals surface area (Å²) in [6, 6.07) is 11.4. The monoisotopic (exact) mass is 391 g/mol. The van der Waals surface area contributed by atoms with Crippen molar-refractivity contribution in [2.45, 2.75) is 13.0 Å². The Balaban J connectivity index is 1.94. The summed E-state index contributed by atoms with van der Waals surface area (Å²) >= 11 is 5.91. The fourth-order valence-corrected chi connectivity index (χ4v) is 2.76. The summed E-state index contributed by atoms with van der Waals surface area (Å²) in [6.07, 6.45) is 0.706. The Labute approximate surface area is 165 Å². The van der Waals surface area contributed by atoms with Gasteiger partial charge in [0.15, 0.2) is 5.96 Å². The van der Waals surface area contributed by atoms with Gasteiger partial charge in [0.25, 0.3) is 0 Å². The van der Waals surface area contributed by atoms with Crippen LogP contribution >= 0.6 is 11.6 Å². The second-order valence-corrected chi connectivity index (χ2v) is 6.18. The van der Waals surface area contributed by atoms with Gasteiger partial charge in [-0.25, -0.2) is 0 Å². The largest absolute Gasteiger partial charge is 0.496 e. The standard InChI is InChI=1S/C20H26ClN3O3/c1-22-20(24-13-14-5-7-15(21)8-6-14)23-10-9-17-18(26-3)11-16(25-2)12-19(17)27-4/h5-8,11-12H,9-10,13H2,1-4H3,(H2,22,23,24). The van der Waals surface area contributed by atoms with Gasteiger partial charge in [-0.1, -0.05) is 23.7 Å². The van der Waals surface area contributed by atoms with Gasteiger partial charge in [-0.15, -0.1) is 0 Å². The maximum atomic E-state index is 5.91. The van der Waals surface area contributed by atoms with Crippen molar-refractivity contribution in [2.24, 2.45) is 4.99 Å². The highest BCUT2D eigenvalue weighted by molar-refractivity contribution is 6.30. The van der Waals surface area contributed by atoms with Crippen molar-refractivity contribution >= 4 is 17.6 Å². The Hall–Kier alpha value is -2.60. The fraction of sp³-hybridized carbons (Fsp3) is 0.350. The number of hydrogen-bond acceptors (Lipinski definition) is 4. The predicted octanol–water partition coefficient (Wildman–Crippen LogP) is 3.27. The first-order valence-electron chi connectivity index (χ1n) is 8.59. The van der Waals surface area contributed by atoms with Gasteiger partial charge < -0.3 is 24.8 Å². The quantitative estimate of drug-likeness (QED) is 0.534. The average Bonchev–Trinajstić information content (AvgIpc) is 2.71. The average molecular weight is 392 g/mol. The Morgan fingerprint density at radius 1 is 0.963 bits per heavy atom. The van der Waals surface area contributed by atoms with Gasteiger partial charge in [0.1, 0.15) is 17.2 Å². The van der Waals surface area contributed by atoms with Crippen LogP contribution in [0, 0.1) is 0 Å². The van der Waals surface area contributed by atoms with E-state index in [1.165, 1.54) is 0 Å². The molecule has 0 aliphatic rings. The first-order valence-corrected chi connectivity index (χ1v) is 8.97. The number of guanidine groups is 1. The van der Waals surface area contributed by atoms with E-state index in [4.69, 9.17) is 25.8 Å². The molecule has 0 aliphatic heterocycles. The number of rotatable bonds is 8. The van der Waals surface area contributed by atoms with Crippen LogP contribution in [0.5, 0.6) is 17.2 Å². The molecule has 27 heavy (non-hydrogen) atoms. The molecule has 0 heterocycles. The molecule has 146 valence electrons. The number of aliphatic imine (C=N–C) groups is 1. The molecule has 0 bridgehead atoms. The van der Waals surface area contributed by atoms with E-state index >= 15 is 0 Å². The van der Waals surface area contributed by atoms with Crippen molar-refractivity contribution < 1.29 is 14.2 Å². The van der Waals surface area contributed by atoms with E-state index in [9.17, 15) is 0 Å². The molecule has 0 aliphatic carbocycles. The lowest BCUT2D eigenvalue weighted by Crippen LogP contribution is -2.37. The third kappa shape index (κ3) is 5.96. The molecule has 0 spiro atoms. The molecule has 0 aromatic heterocycles. The first kappa shape index (κ1) is 20.7. The minimum absolute atomic E-state index is 0.659. The van der Waals surface area contributed by atoms with E-state index < -0.39 is 0 Å². The lowest BCUT2D eigenvalue weighted by Gasteiger charge is -2.16. The number of ether oxygens (including phenoxy) is 3. The van der Waals surface area contributed by atoms with Gasteiger partial charge in [0.2, 0.25) is 0 Å². The second-order valence-electron chi connectivity index (χ2n) is 5.74. The highest BCUT2D eigenvalue weighted by Crippen LogP contribution is 2.34. The molecule has 2 aromatic carbocycles. The van der Waals surface area contributed by atoms with Gasteiger partial charge in [-0.2, -0.15) is 0 Å². The fourth-order valence-electron chi connectivity index (χ4n) is 2.64. The summed E-state index contributed by atoms with van der Waals surface area (Å²) < 4.78 is 16.3. The Morgan fingerprint density at radius 3 is 2.11 bits per heavy atom. The smallest absolute Gasteiger partial charge is 0.191 e. The topological polar surface area (TPSA) is 64.1 Å². The first-order chi connectivity index (χ1) is 13.1. The summed E-state index contributed by atoms with van der Waals surface area (Å²) in [5.74, 6) is 2.88. The van der Waals surface area contributed by atoms with Crippen LogP contribution < -0.4 is 24.8 Å². The Kier molecular flexibility index (Phi) is 8.07. The van der Waals surface area contributed by atoms with E-state index in [-0.39, 0.29) is 0 Å². The Morgan fingerprint density at radius 2 is 1.59 bits per heavy atom. The molecule has 6 nitrogen and oxygen atoms in total. The molecule has 0 saturated carbocycles. The van der Waals surface area contributed by atoms with E-state index in [0.29, 0.717) is 25.3 Å². The molecular formula is C20H26ClN3O3. The van der Waals surface area contributed by atoms with E-state index in [0.717, 1.165) is 33.6 Å². The zero-order chi connectivity index (χ0) is 19.6. The van der Waals surface area contributed by atoms with Crippen LogP contribution in [-0.4, -0.2) is 40.9 Å². The van der Waals surface area contributed by atoms with Crippen molar-refractivity contribution in [3.63, 3.8) is 0 Å². The molecule has 7 heteroatoms. The Bertz CT molecular complexity index is 739. The number of nitrogens with zero attached hydrogens (tertiary/aromatic N) is 1. The van der Waals surface area contributed by atoms with Gasteiger partial charge >= 0.3 is 0 Å². The maximum Gasteiger partial charge on any atom is 0.191 e. The lowest BCUT2D eigenvalue weighted by molar-refractivity contribution is 0.368. The molecule has 0 fully saturated rings. The zero-order valence-electron chi connectivity index (χ0n) is 16.1. The zero-order valence-corrected chi connectivity index (χ0v) is 16.9. The lowest BCUT2D eigenvalue weighted by atomic mass is 10.1. The van der Waals surface area contributed by atoms with Gasteiger partial charge in [-0.3, -0.25) is 4.99 Å². The van der Waals surface area contributed by atoms with E-state index in [1.807, 2.05) is 36.4 Å². The summed E-state index contributed by atoms with van der Waals surface area (Å²) in [4.78, 5) is 4.25. The summed E-state index contributed by atoms with van der Waals surface area (Å²) in [5.41, 5.74) is 2.10. The number of nitrogens with one attached hydrogen (secondary N) is 2. The van der Waals surface area contributed by atoms with Crippen molar-refractivity contribution in [3.8, 4) is 17.2 Å². The molecule has 0 unspecified atom stereocenters. The summed E-state index contributed by atoms with van der Waals surface area (Å²) in [6.45, 7) is 1.32. The third-order valence-corrected chi connectivity index (χ3v) is 4.33. The van der Waals surface area contributed by atoms with Crippen LogP contribution in [0.3, 0.4) is 0 Å². The number of methoxy groups -OCH3 is 3. The molecule has 0 amide bonds. The van der Waals surface area contributed by atoms with Crippen LogP contribution in [0.25, 0.3) is 0 Å². The van der Waals surface area contributed by atoms with Crippen LogP contribution in [-0.2, 0) is 13.0 Å². The molecule has 2 N–H and O–H groups in total. The van der Waals surface area contributed by atoms with Crippen molar-refractivity contribution in [1.82, 2.24) is 10.6 Å². The molecule has 2 aromatic rings. The molecule has 0 atom stereocenters. The van der Waals surface area contributed by atoms with Crippen molar-refractivity contribution in [1.29, 1.82) is 0 Å². The van der Waals surface area contributed by atoms with Gasteiger partial charge in [0.05, 0.1) is 21.3 Å². The number of benzene rings is 2. The summed E-state index contributed by atoms with van der Waals surface area (Å²) in [7, 11) is 6.63. The van der Waals surface area contributed by atoms with E-state index in [1.54, 1.807) is 28.4 Å². The van der Waals surface area contributed by atoms with Crippen LogP contribution in [0.15, 0.2) is 41.4 Å². The maximum absolute atomic E-state index is 5.91. The van der Waals surface area contributed by atoms with Crippen LogP contribution in [0.1, 0.15) is 11.1 Å². The highest BCUT2D eigenvalue weighted by Gasteiger charge is 2.13. The van der Waals surface area contributed by atoms with Crippen molar-refractivity contribution in [3.05, 3.63) is 52.5 Å². The van der Waals surface area contributed by atoms with Crippen LogP contribution in [0.4, 0.5) is 0 Å². The SMILES string of the molecule is CN=C(NCCc1c(OC)cc(OC)cc1OC)NCc1ccc(Cl)cc1. The highest BCUT2D eigenvalue weighted by atomic mass is 35.5. The van der Waals surface area contributed by atoms with Crippen molar-refractivity contribution in [2.75, 3.05) is 34.9 Å². The molecular weight excluding hydrogens is 366 g/mol. The van der Waals surface area contributed by atoms with Gasteiger partial charge in [-0.05, 0) is 24.1 Å². The second kappa shape index (κ2) is 10.5. The normalized spacial score (nSPS) is 11.1.